The van der Waals surface area contributed by atoms with Crippen LogP contribution in [0.15, 0.2) is 76.5 Å². The molecule has 0 amide bonds. The summed E-state index contributed by atoms with van der Waals surface area (Å²) in [7, 11) is -3.75. The van der Waals surface area contributed by atoms with Gasteiger partial charge < -0.3 is 0 Å². The molecular weight excluding hydrogens is 428 g/mol. The van der Waals surface area contributed by atoms with E-state index < -0.39 is 21.7 Å². The van der Waals surface area contributed by atoms with Crippen LogP contribution in [0.4, 0.5) is 8.78 Å². The summed E-state index contributed by atoms with van der Waals surface area (Å²) in [5, 5.41) is 5.05. The zero-order valence-corrected chi connectivity index (χ0v) is 17.5. The highest BCUT2D eigenvalue weighted by atomic mass is 32.2. The van der Waals surface area contributed by atoms with Gasteiger partial charge in [-0.2, -0.15) is 0 Å². The lowest BCUT2D eigenvalue weighted by atomic mass is 10.1. The van der Waals surface area contributed by atoms with Crippen molar-refractivity contribution in [3.8, 4) is 11.1 Å². The molecule has 0 aliphatic rings. The van der Waals surface area contributed by atoms with E-state index in [2.05, 4.69) is 0 Å². The minimum Gasteiger partial charge on any atom is -0.287 e. The van der Waals surface area contributed by atoms with E-state index in [4.69, 9.17) is 5.14 Å². The minimum atomic E-state index is -3.75. The molecular formula is C22H19F2NO3S2. The Balaban J connectivity index is 1.60. The number of sulfonamides is 1. The second kappa shape index (κ2) is 9.51. The predicted octanol–water partition coefficient (Wildman–Crippen LogP) is 4.92. The number of carbonyl (C=O) groups is 1. The van der Waals surface area contributed by atoms with Gasteiger partial charge in [0.1, 0.15) is 11.6 Å². The largest absolute Gasteiger partial charge is 0.287 e. The van der Waals surface area contributed by atoms with Crippen LogP contribution >= 0.6 is 11.8 Å². The van der Waals surface area contributed by atoms with Gasteiger partial charge in [-0.25, -0.2) is 22.3 Å². The summed E-state index contributed by atoms with van der Waals surface area (Å²) in [5.41, 5.74) is 2.02. The smallest absolute Gasteiger partial charge is 0.238 e. The SMILES string of the molecule is NS(=O)(=O)c1ccc(-c2cccc(SC(=O)CCCc3ccc(F)cc3F)c2)cc1. The van der Waals surface area contributed by atoms with Crippen LogP contribution in [-0.2, 0) is 21.2 Å². The van der Waals surface area contributed by atoms with Gasteiger partial charge in [0.05, 0.1) is 4.90 Å². The summed E-state index contributed by atoms with van der Waals surface area (Å²) < 4.78 is 49.3. The minimum absolute atomic E-state index is 0.0320. The number of benzene rings is 3. The maximum absolute atomic E-state index is 13.6. The maximum atomic E-state index is 13.6. The van der Waals surface area contributed by atoms with Crippen molar-refractivity contribution in [1.82, 2.24) is 0 Å². The van der Waals surface area contributed by atoms with E-state index in [1.807, 2.05) is 24.3 Å². The third-order valence-corrected chi connectivity index (χ3v) is 6.27. The molecule has 0 saturated heterocycles. The Morgan fingerprint density at radius 1 is 0.933 bits per heavy atom. The van der Waals surface area contributed by atoms with Gasteiger partial charge in [-0.1, -0.05) is 42.1 Å². The molecule has 3 aromatic rings. The second-order valence-corrected chi connectivity index (χ2v) is 9.35. The number of aryl methyl sites for hydroxylation is 1. The number of hydrogen-bond acceptors (Lipinski definition) is 4. The molecule has 3 aromatic carbocycles. The van der Waals surface area contributed by atoms with E-state index in [1.54, 1.807) is 12.1 Å². The van der Waals surface area contributed by atoms with Gasteiger partial charge in [0.15, 0.2) is 5.12 Å². The van der Waals surface area contributed by atoms with Crippen molar-refractivity contribution < 1.29 is 22.0 Å². The summed E-state index contributed by atoms with van der Waals surface area (Å²) in [6.45, 7) is 0. The first-order valence-electron chi connectivity index (χ1n) is 9.10. The fourth-order valence-electron chi connectivity index (χ4n) is 2.91. The molecule has 0 radical (unpaired) electrons. The Bertz CT molecular complexity index is 1160. The quantitative estimate of drug-likeness (QED) is 0.522. The standard InChI is InChI=1S/C22H19F2NO3S2/c23-18-10-7-16(21(24)14-18)3-2-6-22(26)29-19-5-1-4-17(13-19)15-8-11-20(12-9-15)30(25,27)28/h1,4-5,7-14H,2-3,6H2,(H2,25,27,28). The predicted molar refractivity (Wildman–Crippen MR) is 113 cm³/mol. The third kappa shape index (κ3) is 5.98. The van der Waals surface area contributed by atoms with Crippen molar-refractivity contribution in [3.63, 3.8) is 0 Å². The number of nitrogens with two attached hydrogens (primary N) is 1. The molecule has 0 bridgehead atoms. The normalized spacial score (nSPS) is 11.4. The Morgan fingerprint density at radius 3 is 2.33 bits per heavy atom. The zero-order valence-electron chi connectivity index (χ0n) is 15.8. The van der Waals surface area contributed by atoms with Crippen LogP contribution < -0.4 is 5.14 Å². The average Bonchev–Trinajstić information content (AvgIpc) is 2.69. The molecule has 3 rings (SSSR count). The molecule has 2 N–H and O–H groups in total. The second-order valence-electron chi connectivity index (χ2n) is 6.66. The van der Waals surface area contributed by atoms with Gasteiger partial charge in [-0.05, 0) is 59.9 Å². The molecule has 0 fully saturated rings. The lowest BCUT2D eigenvalue weighted by molar-refractivity contribution is -0.111. The highest BCUT2D eigenvalue weighted by molar-refractivity contribution is 8.13. The molecule has 156 valence electrons. The van der Waals surface area contributed by atoms with Crippen molar-refractivity contribution in [1.29, 1.82) is 0 Å². The van der Waals surface area contributed by atoms with Crippen LogP contribution in [0.2, 0.25) is 0 Å². The molecule has 0 atom stereocenters. The van der Waals surface area contributed by atoms with Crippen molar-refractivity contribution in [2.75, 3.05) is 0 Å². The Kier molecular flexibility index (Phi) is 7.02. The molecule has 0 unspecified atom stereocenters. The molecule has 0 aliphatic heterocycles. The summed E-state index contributed by atoms with van der Waals surface area (Å²) in [6.07, 6.45) is 1.08. The average molecular weight is 448 g/mol. The van der Waals surface area contributed by atoms with Crippen molar-refractivity contribution in [3.05, 3.63) is 83.9 Å². The van der Waals surface area contributed by atoms with Gasteiger partial charge in [-0.15, -0.1) is 0 Å². The first kappa shape index (κ1) is 22.1. The van der Waals surface area contributed by atoms with Crippen LogP contribution in [0.1, 0.15) is 18.4 Å². The van der Waals surface area contributed by atoms with Crippen molar-refractivity contribution >= 4 is 26.9 Å². The number of carbonyl (C=O) groups excluding carboxylic acids is 1. The van der Waals surface area contributed by atoms with E-state index in [0.717, 1.165) is 33.9 Å². The number of hydrogen-bond donors (Lipinski definition) is 1. The highest BCUT2D eigenvalue weighted by Gasteiger charge is 2.10. The van der Waals surface area contributed by atoms with Crippen LogP contribution in [0, 0.1) is 11.6 Å². The van der Waals surface area contributed by atoms with Crippen molar-refractivity contribution in [2.45, 2.75) is 29.1 Å². The lowest BCUT2D eigenvalue weighted by Gasteiger charge is -2.07. The Hall–Kier alpha value is -2.55. The fourth-order valence-corrected chi connectivity index (χ4v) is 4.26. The number of rotatable bonds is 7. The Morgan fingerprint density at radius 2 is 1.67 bits per heavy atom. The van der Waals surface area contributed by atoms with E-state index in [1.165, 1.54) is 24.3 Å². The fraction of sp³-hybridized carbons (Fsp3) is 0.136. The number of halogens is 2. The molecule has 0 aliphatic carbocycles. The first-order chi connectivity index (χ1) is 14.2. The monoisotopic (exact) mass is 447 g/mol. The van der Waals surface area contributed by atoms with Crippen LogP contribution in [0.3, 0.4) is 0 Å². The number of thioether (sulfide) groups is 1. The van der Waals surface area contributed by atoms with Crippen LogP contribution in [0.25, 0.3) is 11.1 Å². The van der Waals surface area contributed by atoms with Crippen LogP contribution in [0.5, 0.6) is 0 Å². The van der Waals surface area contributed by atoms with Crippen LogP contribution in [-0.4, -0.2) is 13.5 Å². The van der Waals surface area contributed by atoms with Gasteiger partial charge in [-0.3, -0.25) is 4.79 Å². The molecule has 0 heterocycles. The summed E-state index contributed by atoms with van der Waals surface area (Å²) in [5.74, 6) is -1.22. The first-order valence-corrected chi connectivity index (χ1v) is 11.5. The molecule has 0 spiro atoms. The summed E-state index contributed by atoms with van der Waals surface area (Å²) in [6, 6.07) is 16.9. The topological polar surface area (TPSA) is 77.2 Å². The van der Waals surface area contributed by atoms with E-state index >= 15 is 0 Å². The lowest BCUT2D eigenvalue weighted by Crippen LogP contribution is -2.11. The molecule has 8 heteroatoms. The van der Waals surface area contributed by atoms with Gasteiger partial charge in [0, 0.05) is 17.4 Å². The van der Waals surface area contributed by atoms with Gasteiger partial charge in [0.25, 0.3) is 0 Å². The third-order valence-electron chi connectivity index (χ3n) is 4.42. The molecule has 30 heavy (non-hydrogen) atoms. The zero-order chi connectivity index (χ0) is 21.7. The maximum Gasteiger partial charge on any atom is 0.238 e. The highest BCUT2D eigenvalue weighted by Crippen LogP contribution is 2.28. The number of primary sulfonamides is 1. The molecule has 0 aromatic heterocycles. The van der Waals surface area contributed by atoms with E-state index in [0.29, 0.717) is 18.4 Å². The summed E-state index contributed by atoms with van der Waals surface area (Å²) >= 11 is 1.09. The Labute approximate surface area is 178 Å². The van der Waals surface area contributed by atoms with Gasteiger partial charge >= 0.3 is 0 Å². The van der Waals surface area contributed by atoms with Gasteiger partial charge in [0.2, 0.25) is 10.0 Å². The summed E-state index contributed by atoms with van der Waals surface area (Å²) in [4.78, 5) is 13.1. The van der Waals surface area contributed by atoms with Crippen molar-refractivity contribution in [2.24, 2.45) is 5.14 Å². The van der Waals surface area contributed by atoms with E-state index in [9.17, 15) is 22.0 Å². The molecule has 4 nitrogen and oxygen atoms in total. The molecule has 0 saturated carbocycles. The van der Waals surface area contributed by atoms with E-state index in [-0.39, 0.29) is 16.4 Å².